The van der Waals surface area contributed by atoms with E-state index in [4.69, 9.17) is 0 Å². The lowest BCUT2D eigenvalue weighted by atomic mass is 9.97. The largest absolute Gasteiger partial charge is 0.0622 e. The lowest BCUT2D eigenvalue weighted by Crippen LogP contribution is -2.25. The molecule has 0 saturated heterocycles. The Morgan fingerprint density at radius 2 is 1.02 bits per heavy atom. The Balaban J connectivity index is 1.51. The van der Waals surface area contributed by atoms with Gasteiger partial charge in [0.05, 0.1) is 0 Å². The highest BCUT2D eigenvalue weighted by atomic mass is 32.1. The first-order chi connectivity index (χ1) is 19.7. The van der Waals surface area contributed by atoms with Crippen molar-refractivity contribution in [1.82, 2.24) is 0 Å². The van der Waals surface area contributed by atoms with E-state index in [2.05, 4.69) is 111 Å². The third kappa shape index (κ3) is 6.01. The molecule has 0 heterocycles. The van der Waals surface area contributed by atoms with Crippen LogP contribution in [0.4, 0.5) is 0 Å². The fourth-order valence-corrected chi connectivity index (χ4v) is 17.9. The number of benzene rings is 4. The summed E-state index contributed by atoms with van der Waals surface area (Å²) in [7, 11) is -0.590. The van der Waals surface area contributed by atoms with Gasteiger partial charge in [0, 0.05) is 0 Å². The summed E-state index contributed by atoms with van der Waals surface area (Å²) in [6.45, 7) is 4.66. The van der Waals surface area contributed by atoms with Crippen LogP contribution < -0.4 is 10.6 Å². The van der Waals surface area contributed by atoms with Crippen molar-refractivity contribution in [3.63, 3.8) is 0 Å². The van der Waals surface area contributed by atoms with Crippen molar-refractivity contribution in [3.8, 4) is 22.3 Å². The van der Waals surface area contributed by atoms with Crippen molar-refractivity contribution >= 4 is 25.8 Å². The maximum absolute atomic E-state index is 2.56. The quantitative estimate of drug-likeness (QED) is 0.197. The van der Waals surface area contributed by atoms with Gasteiger partial charge in [0.25, 0.3) is 0 Å². The molecule has 2 fully saturated rings. The molecule has 40 heavy (non-hydrogen) atoms. The lowest BCUT2D eigenvalue weighted by molar-refractivity contribution is 0.509. The molecule has 0 N–H and O–H groups in total. The van der Waals surface area contributed by atoms with E-state index in [9.17, 15) is 0 Å². The summed E-state index contributed by atoms with van der Waals surface area (Å²) < 4.78 is 0. The molecular weight excluding hydrogens is 518 g/mol. The van der Waals surface area contributed by atoms with Crippen molar-refractivity contribution in [2.24, 2.45) is 0 Å². The zero-order valence-corrected chi connectivity index (χ0v) is 26.1. The summed E-state index contributed by atoms with van der Waals surface area (Å²) >= 11 is 0. The van der Waals surface area contributed by atoms with E-state index < -0.39 is 0 Å². The first-order valence-electron chi connectivity index (χ1n) is 15.6. The van der Waals surface area contributed by atoms with Crippen LogP contribution in [0.25, 0.3) is 22.3 Å². The van der Waals surface area contributed by atoms with Crippen LogP contribution in [0.5, 0.6) is 0 Å². The van der Waals surface area contributed by atoms with E-state index in [1.807, 2.05) is 0 Å². The molecule has 2 aliphatic rings. The molecule has 0 unspecified atom stereocenters. The zero-order chi connectivity index (χ0) is 27.3. The smallest absolute Gasteiger partial charge is 0.00713 e. The van der Waals surface area contributed by atoms with Crippen LogP contribution in [0, 0.1) is 13.8 Å². The van der Waals surface area contributed by atoms with Crippen LogP contribution in [-0.4, -0.2) is 11.3 Å². The minimum atomic E-state index is -0.309. The van der Waals surface area contributed by atoms with Crippen molar-refractivity contribution in [1.29, 1.82) is 0 Å². The van der Waals surface area contributed by atoms with Gasteiger partial charge in [0.1, 0.15) is 0 Å². The van der Waals surface area contributed by atoms with E-state index >= 15 is 0 Å². The van der Waals surface area contributed by atoms with Gasteiger partial charge in [-0.1, -0.05) is 136 Å². The fourth-order valence-electron chi connectivity index (χ4n) is 7.14. The normalized spacial score (nSPS) is 18.4. The molecule has 0 aromatic heterocycles. The van der Waals surface area contributed by atoms with E-state index in [0.29, 0.717) is 0 Å². The van der Waals surface area contributed by atoms with Gasteiger partial charge in [-0.15, -0.1) is 0 Å². The highest BCUT2D eigenvalue weighted by Crippen LogP contribution is 2.76. The standard InChI is InChI=1S/C38H44P2/c1-29-15-12-13-23-36(29)38-30(2)16-14-24-37(38)40(34-21-10-5-11-22-34)39(33-19-8-4-9-20-33)35-27-25-32(26-28-35)31-17-6-3-7-18-31/h3,6-7,12-18,23-28,33-34H,4-5,8-11,19-22H2,1-2H3/t39-,40-/m1/s1. The van der Waals surface area contributed by atoms with Crippen LogP contribution in [0.2, 0.25) is 0 Å². The molecule has 0 bridgehead atoms. The summed E-state index contributed by atoms with van der Waals surface area (Å²) in [6.07, 6.45) is 14.2. The molecule has 6 rings (SSSR count). The molecule has 4 aromatic rings. The van der Waals surface area contributed by atoms with Gasteiger partial charge in [-0.05, 0) is 110 Å². The first-order valence-corrected chi connectivity index (χ1v) is 19.1. The van der Waals surface area contributed by atoms with Crippen LogP contribution in [0.1, 0.15) is 75.3 Å². The molecular formula is C38H44P2. The van der Waals surface area contributed by atoms with Crippen LogP contribution in [-0.2, 0) is 0 Å². The Kier molecular flexibility index (Phi) is 9.17. The summed E-state index contributed by atoms with van der Waals surface area (Å²) in [5, 5.41) is 3.37. The van der Waals surface area contributed by atoms with Gasteiger partial charge >= 0.3 is 0 Å². The summed E-state index contributed by atoms with van der Waals surface area (Å²) in [6, 6.07) is 37.3. The Hall–Kier alpha value is -2.26. The third-order valence-electron chi connectivity index (χ3n) is 9.22. The number of rotatable bonds is 7. The minimum absolute atomic E-state index is 0.282. The fraction of sp³-hybridized carbons (Fsp3) is 0.368. The molecule has 4 aromatic carbocycles. The van der Waals surface area contributed by atoms with Gasteiger partial charge in [0.15, 0.2) is 0 Å². The molecule has 2 saturated carbocycles. The predicted octanol–water partition coefficient (Wildman–Crippen LogP) is 11.1. The zero-order valence-electron chi connectivity index (χ0n) is 24.4. The van der Waals surface area contributed by atoms with Gasteiger partial charge in [0.2, 0.25) is 0 Å². The Bertz CT molecular complexity index is 1380. The second-order valence-corrected chi connectivity index (χ2v) is 18.4. The van der Waals surface area contributed by atoms with Crippen LogP contribution in [0.15, 0.2) is 97.1 Å². The summed E-state index contributed by atoms with van der Waals surface area (Å²) in [4.78, 5) is 0. The molecule has 206 valence electrons. The maximum Gasteiger partial charge on any atom is -0.00713 e. The molecule has 0 spiro atoms. The minimum Gasteiger partial charge on any atom is -0.0622 e. The topological polar surface area (TPSA) is 0 Å². The molecule has 0 radical (unpaired) electrons. The van der Waals surface area contributed by atoms with Crippen LogP contribution >= 0.6 is 15.2 Å². The molecule has 0 amide bonds. The van der Waals surface area contributed by atoms with Crippen LogP contribution in [0.3, 0.4) is 0 Å². The summed E-state index contributed by atoms with van der Waals surface area (Å²) in [5.74, 6) is 0. The second-order valence-electron chi connectivity index (χ2n) is 12.0. The Morgan fingerprint density at radius 3 is 1.68 bits per heavy atom. The molecule has 2 heteroatoms. The number of hydrogen-bond donors (Lipinski definition) is 0. The van der Waals surface area contributed by atoms with E-state index in [1.54, 1.807) is 16.2 Å². The van der Waals surface area contributed by atoms with Crippen molar-refractivity contribution in [2.75, 3.05) is 0 Å². The molecule has 0 aliphatic heterocycles. The van der Waals surface area contributed by atoms with Gasteiger partial charge in [-0.25, -0.2) is 0 Å². The predicted molar refractivity (Wildman–Crippen MR) is 180 cm³/mol. The number of aryl methyl sites for hydroxylation is 2. The monoisotopic (exact) mass is 562 g/mol. The lowest BCUT2D eigenvalue weighted by Gasteiger charge is -2.43. The maximum atomic E-state index is 2.56. The Morgan fingerprint density at radius 1 is 0.475 bits per heavy atom. The highest BCUT2D eigenvalue weighted by Gasteiger charge is 2.38. The van der Waals surface area contributed by atoms with Gasteiger partial charge < -0.3 is 0 Å². The van der Waals surface area contributed by atoms with Crippen molar-refractivity contribution in [2.45, 2.75) is 89.4 Å². The third-order valence-corrected chi connectivity index (χ3v) is 18.5. The average molecular weight is 563 g/mol. The van der Waals surface area contributed by atoms with Gasteiger partial charge in [-0.2, -0.15) is 0 Å². The van der Waals surface area contributed by atoms with Crippen molar-refractivity contribution < 1.29 is 0 Å². The average Bonchev–Trinajstić information content (AvgIpc) is 3.02. The van der Waals surface area contributed by atoms with Crippen molar-refractivity contribution in [3.05, 3.63) is 108 Å². The highest BCUT2D eigenvalue weighted by molar-refractivity contribution is 8.36. The van der Waals surface area contributed by atoms with Gasteiger partial charge in [-0.3, -0.25) is 0 Å². The number of hydrogen-bond acceptors (Lipinski definition) is 0. The summed E-state index contributed by atoms with van der Waals surface area (Å²) in [5.41, 5.74) is 10.2. The Labute approximate surface area is 245 Å². The SMILES string of the molecule is Cc1ccccc1-c1c(C)cccc1[P@@](C1CCCCC1)[P@@](c1ccc(-c2ccccc2)cc1)C1CCCCC1. The van der Waals surface area contributed by atoms with E-state index in [-0.39, 0.29) is 15.2 Å². The molecule has 2 aliphatic carbocycles. The molecule has 0 nitrogen and oxygen atoms in total. The molecule has 2 atom stereocenters. The van der Waals surface area contributed by atoms with E-state index in [1.165, 1.54) is 92.0 Å². The first kappa shape index (κ1) is 27.9. The van der Waals surface area contributed by atoms with E-state index in [0.717, 1.165) is 11.3 Å². The second kappa shape index (κ2) is 13.1.